The van der Waals surface area contributed by atoms with E-state index in [0.717, 1.165) is 31.2 Å². The lowest BCUT2D eigenvalue weighted by Crippen LogP contribution is -2.37. The van der Waals surface area contributed by atoms with Crippen molar-refractivity contribution >= 4 is 29.9 Å². The second-order valence-corrected chi connectivity index (χ2v) is 6.22. The topological polar surface area (TPSA) is 67.1 Å². The molecule has 1 heterocycles. The summed E-state index contributed by atoms with van der Waals surface area (Å²) in [7, 11) is 1.81. The van der Waals surface area contributed by atoms with Crippen molar-refractivity contribution in [2.45, 2.75) is 38.6 Å². The molecule has 1 aromatic heterocycles. The molecule has 0 spiro atoms. The van der Waals surface area contributed by atoms with Crippen molar-refractivity contribution in [3.63, 3.8) is 0 Å². The first-order chi connectivity index (χ1) is 12.3. The van der Waals surface area contributed by atoms with E-state index in [-0.39, 0.29) is 24.0 Å². The van der Waals surface area contributed by atoms with E-state index in [1.54, 1.807) is 16.6 Å². The monoisotopic (exact) mass is 466 g/mol. The highest BCUT2D eigenvalue weighted by Gasteiger charge is 2.04. The van der Waals surface area contributed by atoms with E-state index in [2.05, 4.69) is 43.9 Å². The summed E-state index contributed by atoms with van der Waals surface area (Å²) in [5.41, 5.74) is 3.78. The zero-order valence-electron chi connectivity index (χ0n) is 15.2. The number of guanidine groups is 1. The molecule has 0 saturated heterocycles. The minimum atomic E-state index is 0. The Bertz CT molecular complexity index is 706. The lowest BCUT2D eigenvalue weighted by atomic mass is 9.97. The average molecular weight is 466 g/mol. The Balaban J connectivity index is 0.00000243. The van der Waals surface area contributed by atoms with Gasteiger partial charge in [-0.05, 0) is 49.8 Å². The van der Waals surface area contributed by atoms with E-state index >= 15 is 0 Å². The summed E-state index contributed by atoms with van der Waals surface area (Å²) in [6.45, 7) is 1.66. The number of halogens is 1. The maximum absolute atomic E-state index is 4.30. The first kappa shape index (κ1) is 20.4. The number of benzene rings is 1. The molecule has 2 aromatic rings. The minimum absolute atomic E-state index is 0. The van der Waals surface area contributed by atoms with Crippen molar-refractivity contribution in [1.82, 2.24) is 25.4 Å². The van der Waals surface area contributed by atoms with Gasteiger partial charge in [-0.2, -0.15) is 5.10 Å². The second kappa shape index (κ2) is 10.9. The quantitative estimate of drug-likeness (QED) is 0.296. The Kier molecular flexibility index (Phi) is 8.60. The van der Waals surface area contributed by atoms with Crippen LogP contribution in [0.15, 0.2) is 53.6 Å². The van der Waals surface area contributed by atoms with Crippen LogP contribution in [-0.2, 0) is 6.54 Å². The molecule has 140 valence electrons. The van der Waals surface area contributed by atoms with Gasteiger partial charge in [-0.3, -0.25) is 4.99 Å². The number of hydrogen-bond acceptors (Lipinski definition) is 3. The lowest BCUT2D eigenvalue weighted by Gasteiger charge is -2.15. The number of nitrogens with one attached hydrogen (secondary N) is 2. The number of aliphatic imine (C=N–C) groups is 1. The van der Waals surface area contributed by atoms with Gasteiger partial charge in [0.25, 0.3) is 0 Å². The van der Waals surface area contributed by atoms with Crippen molar-refractivity contribution in [3.8, 4) is 5.69 Å². The molecule has 3 rings (SSSR count). The normalized spacial score (nSPS) is 14.3. The van der Waals surface area contributed by atoms with Gasteiger partial charge in [-0.25, -0.2) is 9.67 Å². The van der Waals surface area contributed by atoms with E-state index in [1.165, 1.54) is 37.6 Å². The van der Waals surface area contributed by atoms with Crippen LogP contribution in [0.2, 0.25) is 0 Å². The first-order valence-corrected chi connectivity index (χ1v) is 8.91. The predicted octanol–water partition coefficient (Wildman–Crippen LogP) is 3.44. The molecule has 6 nitrogen and oxygen atoms in total. The third kappa shape index (κ3) is 6.12. The molecule has 1 aliphatic carbocycles. The van der Waals surface area contributed by atoms with E-state index in [4.69, 9.17) is 0 Å². The zero-order valence-corrected chi connectivity index (χ0v) is 17.5. The molecular weight excluding hydrogens is 439 g/mol. The molecule has 0 atom stereocenters. The molecule has 0 saturated carbocycles. The van der Waals surface area contributed by atoms with Crippen molar-refractivity contribution in [1.29, 1.82) is 0 Å². The molecular formula is C19H27IN6. The highest BCUT2D eigenvalue weighted by atomic mass is 127. The van der Waals surface area contributed by atoms with Gasteiger partial charge in [0.05, 0.1) is 5.69 Å². The van der Waals surface area contributed by atoms with Crippen molar-refractivity contribution in [3.05, 3.63) is 54.1 Å². The Morgan fingerprint density at radius 3 is 2.69 bits per heavy atom. The number of rotatable bonds is 6. The summed E-state index contributed by atoms with van der Waals surface area (Å²) in [4.78, 5) is 8.26. The maximum Gasteiger partial charge on any atom is 0.191 e. The fourth-order valence-corrected chi connectivity index (χ4v) is 2.99. The highest BCUT2D eigenvalue weighted by Crippen LogP contribution is 2.19. The maximum atomic E-state index is 4.30. The molecule has 1 aromatic carbocycles. The van der Waals surface area contributed by atoms with Gasteiger partial charge in [-0.15, -0.1) is 24.0 Å². The number of hydrogen-bond donors (Lipinski definition) is 2. The van der Waals surface area contributed by atoms with Crippen LogP contribution in [0.3, 0.4) is 0 Å². The first-order valence-electron chi connectivity index (χ1n) is 8.91. The zero-order chi connectivity index (χ0) is 17.3. The summed E-state index contributed by atoms with van der Waals surface area (Å²) in [6, 6.07) is 8.25. The Hall–Kier alpha value is -1.90. The van der Waals surface area contributed by atoms with Gasteiger partial charge in [0.15, 0.2) is 5.96 Å². The van der Waals surface area contributed by atoms with Crippen LogP contribution >= 0.6 is 24.0 Å². The summed E-state index contributed by atoms with van der Waals surface area (Å²) in [5, 5.41) is 10.9. The van der Waals surface area contributed by atoms with Crippen LogP contribution in [0.5, 0.6) is 0 Å². The van der Waals surface area contributed by atoms with Crippen molar-refractivity contribution in [2.24, 2.45) is 4.99 Å². The van der Waals surface area contributed by atoms with E-state index in [9.17, 15) is 0 Å². The van der Waals surface area contributed by atoms with Gasteiger partial charge < -0.3 is 10.6 Å². The van der Waals surface area contributed by atoms with Crippen LogP contribution in [0.25, 0.3) is 5.69 Å². The fraction of sp³-hybridized carbons (Fsp3) is 0.421. The molecule has 2 N–H and O–H groups in total. The van der Waals surface area contributed by atoms with Gasteiger partial charge in [0, 0.05) is 20.1 Å². The Labute approximate surface area is 172 Å². The van der Waals surface area contributed by atoms with Crippen LogP contribution < -0.4 is 10.6 Å². The molecule has 0 fully saturated rings. The lowest BCUT2D eigenvalue weighted by molar-refractivity contribution is 0.665. The third-order valence-electron chi connectivity index (χ3n) is 4.43. The Morgan fingerprint density at radius 2 is 2.04 bits per heavy atom. The molecule has 7 heteroatoms. The van der Waals surface area contributed by atoms with Gasteiger partial charge in [-0.1, -0.05) is 23.8 Å². The number of allylic oxidation sites excluding steroid dienone is 1. The van der Waals surface area contributed by atoms with Gasteiger partial charge in [0.1, 0.15) is 12.7 Å². The standard InChI is InChI=1S/C19H26N6.HI/c1-20-19(22-12-11-16-5-3-2-4-6-16)23-13-17-7-9-18(10-8-17)25-15-21-14-24-25;/h5,7-10,14-15H,2-4,6,11-13H2,1H3,(H2,20,22,23);1H. The molecule has 26 heavy (non-hydrogen) atoms. The summed E-state index contributed by atoms with van der Waals surface area (Å²) >= 11 is 0. The smallest absolute Gasteiger partial charge is 0.191 e. The number of nitrogens with zero attached hydrogens (tertiary/aromatic N) is 4. The molecule has 0 radical (unpaired) electrons. The van der Waals surface area contributed by atoms with Crippen LogP contribution in [0.1, 0.15) is 37.7 Å². The van der Waals surface area contributed by atoms with Gasteiger partial charge in [0.2, 0.25) is 0 Å². The highest BCUT2D eigenvalue weighted by molar-refractivity contribution is 14.0. The molecule has 0 bridgehead atoms. The third-order valence-corrected chi connectivity index (χ3v) is 4.43. The molecule has 0 unspecified atom stereocenters. The summed E-state index contributed by atoms with van der Waals surface area (Å²) in [6.07, 6.45) is 11.9. The molecule has 0 aliphatic heterocycles. The van der Waals surface area contributed by atoms with Crippen LogP contribution in [0.4, 0.5) is 0 Å². The predicted molar refractivity (Wildman–Crippen MR) is 116 cm³/mol. The number of aromatic nitrogens is 3. The largest absolute Gasteiger partial charge is 0.356 e. The Morgan fingerprint density at radius 1 is 1.19 bits per heavy atom. The SMILES string of the molecule is CN=C(NCCC1=CCCCC1)NCc1ccc(-n2cncn2)cc1.I. The van der Waals surface area contributed by atoms with Gasteiger partial charge >= 0.3 is 0 Å². The molecule has 1 aliphatic rings. The molecule has 0 amide bonds. The summed E-state index contributed by atoms with van der Waals surface area (Å²) < 4.78 is 1.75. The van der Waals surface area contributed by atoms with Crippen molar-refractivity contribution in [2.75, 3.05) is 13.6 Å². The van der Waals surface area contributed by atoms with E-state index in [0.29, 0.717) is 0 Å². The van der Waals surface area contributed by atoms with E-state index < -0.39 is 0 Å². The van der Waals surface area contributed by atoms with Crippen LogP contribution in [-0.4, -0.2) is 34.3 Å². The fourth-order valence-electron chi connectivity index (χ4n) is 2.99. The summed E-state index contributed by atoms with van der Waals surface area (Å²) in [5.74, 6) is 0.844. The van der Waals surface area contributed by atoms with Crippen LogP contribution in [0, 0.1) is 0 Å². The average Bonchev–Trinajstić information content (AvgIpc) is 3.20. The van der Waals surface area contributed by atoms with E-state index in [1.807, 2.05) is 19.2 Å². The second-order valence-electron chi connectivity index (χ2n) is 6.22. The minimum Gasteiger partial charge on any atom is -0.356 e. The van der Waals surface area contributed by atoms with Crippen molar-refractivity contribution < 1.29 is 0 Å².